The van der Waals surface area contributed by atoms with Crippen molar-refractivity contribution in [1.82, 2.24) is 14.7 Å². The van der Waals surface area contributed by atoms with Crippen molar-refractivity contribution < 1.29 is 9.53 Å². The number of amides is 1. The van der Waals surface area contributed by atoms with E-state index in [9.17, 15) is 4.79 Å². The van der Waals surface area contributed by atoms with E-state index in [1.165, 1.54) is 0 Å². The van der Waals surface area contributed by atoms with Crippen LogP contribution in [0, 0.1) is 6.92 Å². The molecule has 5 heteroatoms. The van der Waals surface area contributed by atoms with Crippen molar-refractivity contribution in [2.24, 2.45) is 0 Å². The number of carbonyl (C=O) groups excluding carboxylic acids is 1. The Morgan fingerprint density at radius 1 is 1.29 bits per heavy atom. The van der Waals surface area contributed by atoms with Gasteiger partial charge in [-0.05, 0) is 39.3 Å². The highest BCUT2D eigenvalue weighted by molar-refractivity contribution is 5.93. The van der Waals surface area contributed by atoms with Gasteiger partial charge in [0.15, 0.2) is 0 Å². The van der Waals surface area contributed by atoms with Crippen LogP contribution in [-0.2, 0) is 11.3 Å². The first-order chi connectivity index (χ1) is 11.5. The van der Waals surface area contributed by atoms with Crippen LogP contribution in [0.15, 0.2) is 36.4 Å². The third kappa shape index (κ3) is 2.96. The lowest BCUT2D eigenvalue weighted by Crippen LogP contribution is -2.54. The second-order valence-corrected chi connectivity index (χ2v) is 6.45. The van der Waals surface area contributed by atoms with Gasteiger partial charge in [0.1, 0.15) is 11.8 Å². The molecule has 0 bridgehead atoms. The van der Waals surface area contributed by atoms with Gasteiger partial charge in [0, 0.05) is 6.54 Å². The zero-order chi connectivity index (χ0) is 17.3. The minimum Gasteiger partial charge on any atom is -0.369 e. The molecule has 0 radical (unpaired) electrons. The number of morpholine rings is 1. The lowest BCUT2D eigenvalue weighted by Gasteiger charge is -2.43. The Hall–Kier alpha value is -2.14. The number of rotatable bonds is 3. The van der Waals surface area contributed by atoms with Gasteiger partial charge in [-0.3, -0.25) is 9.48 Å². The van der Waals surface area contributed by atoms with Crippen molar-refractivity contribution in [2.45, 2.75) is 52.4 Å². The van der Waals surface area contributed by atoms with Crippen molar-refractivity contribution in [3.8, 4) is 0 Å². The summed E-state index contributed by atoms with van der Waals surface area (Å²) in [6, 6.07) is 12.0. The maximum absolute atomic E-state index is 13.2. The molecule has 1 fully saturated rings. The highest BCUT2D eigenvalue weighted by Crippen LogP contribution is 2.32. The summed E-state index contributed by atoms with van der Waals surface area (Å²) < 4.78 is 7.83. The molecule has 0 N–H and O–H groups in total. The molecule has 1 saturated heterocycles. The van der Waals surface area contributed by atoms with E-state index in [0.717, 1.165) is 11.3 Å². The summed E-state index contributed by atoms with van der Waals surface area (Å²) in [5.41, 5.74) is 2.63. The van der Waals surface area contributed by atoms with Crippen molar-refractivity contribution >= 4 is 5.91 Å². The van der Waals surface area contributed by atoms with Crippen molar-refractivity contribution in [2.75, 3.05) is 6.61 Å². The first kappa shape index (κ1) is 16.7. The van der Waals surface area contributed by atoms with Crippen LogP contribution in [0.1, 0.15) is 48.6 Å². The average Bonchev–Trinajstić information content (AvgIpc) is 2.96. The van der Waals surface area contributed by atoms with Gasteiger partial charge in [0.25, 0.3) is 5.91 Å². The molecule has 1 amide bonds. The Balaban J connectivity index is 1.91. The van der Waals surface area contributed by atoms with Gasteiger partial charge in [0.05, 0.1) is 24.4 Å². The summed E-state index contributed by atoms with van der Waals surface area (Å²) in [7, 11) is 0. The molecule has 1 aliphatic rings. The summed E-state index contributed by atoms with van der Waals surface area (Å²) in [6.45, 7) is 9.24. The predicted octanol–water partition coefficient (Wildman–Crippen LogP) is 3.20. The number of hydrogen-bond acceptors (Lipinski definition) is 3. The highest BCUT2D eigenvalue weighted by atomic mass is 16.5. The van der Waals surface area contributed by atoms with Gasteiger partial charge in [-0.25, -0.2) is 0 Å². The Bertz CT molecular complexity index is 711. The lowest BCUT2D eigenvalue weighted by atomic mass is 9.98. The normalized spacial score (nSPS) is 24.2. The molecule has 3 rings (SSSR count). The Kier molecular flexibility index (Phi) is 4.71. The van der Waals surface area contributed by atoms with Crippen LogP contribution in [0.5, 0.6) is 0 Å². The minimum atomic E-state index is -0.106. The van der Waals surface area contributed by atoms with E-state index in [-0.39, 0.29) is 24.1 Å². The predicted molar refractivity (Wildman–Crippen MR) is 92.9 cm³/mol. The lowest BCUT2D eigenvalue weighted by molar-refractivity contribution is -0.0809. The van der Waals surface area contributed by atoms with E-state index in [1.54, 1.807) is 4.68 Å². The van der Waals surface area contributed by atoms with Crippen LogP contribution in [0.2, 0.25) is 0 Å². The zero-order valence-electron chi connectivity index (χ0n) is 14.8. The topological polar surface area (TPSA) is 47.4 Å². The maximum atomic E-state index is 13.2. The number of benzene rings is 1. The van der Waals surface area contributed by atoms with Crippen LogP contribution in [0.4, 0.5) is 0 Å². The smallest absolute Gasteiger partial charge is 0.272 e. The molecular formula is C19H25N3O2. The quantitative estimate of drug-likeness (QED) is 0.870. The van der Waals surface area contributed by atoms with Crippen LogP contribution in [0.25, 0.3) is 0 Å². The molecule has 2 heterocycles. The fraction of sp³-hybridized carbons (Fsp3) is 0.474. The number of ether oxygens (including phenoxy) is 1. The summed E-state index contributed by atoms with van der Waals surface area (Å²) in [5, 5.41) is 4.41. The Labute approximate surface area is 143 Å². The summed E-state index contributed by atoms with van der Waals surface area (Å²) in [5.74, 6) is 0.0293. The molecule has 1 aromatic heterocycles. The Morgan fingerprint density at radius 2 is 2.00 bits per heavy atom. The number of carbonyl (C=O) groups is 1. The summed E-state index contributed by atoms with van der Waals surface area (Å²) in [6.07, 6.45) is -0.106. The standard InChI is InChI=1S/C19H25N3O2/c1-5-21-17(11-13(2)20-21)19(23)22-14(3)12-24-18(15(22)4)16-9-7-6-8-10-16/h6-11,14-15,18H,5,12H2,1-4H3/t14-,15+,18-/m1/s1. The summed E-state index contributed by atoms with van der Waals surface area (Å²) >= 11 is 0. The second kappa shape index (κ2) is 6.77. The molecule has 0 spiro atoms. The Morgan fingerprint density at radius 3 is 2.67 bits per heavy atom. The molecule has 5 nitrogen and oxygen atoms in total. The van der Waals surface area contributed by atoms with E-state index < -0.39 is 0 Å². The first-order valence-electron chi connectivity index (χ1n) is 8.56. The minimum absolute atomic E-state index is 0.0293. The number of hydrogen-bond donors (Lipinski definition) is 0. The van der Waals surface area contributed by atoms with Gasteiger partial charge >= 0.3 is 0 Å². The second-order valence-electron chi connectivity index (χ2n) is 6.45. The third-order valence-corrected chi connectivity index (χ3v) is 4.65. The van der Waals surface area contributed by atoms with E-state index in [1.807, 2.05) is 49.9 Å². The van der Waals surface area contributed by atoms with E-state index in [2.05, 4.69) is 24.2 Å². The molecule has 0 saturated carbocycles. The summed E-state index contributed by atoms with van der Waals surface area (Å²) in [4.78, 5) is 15.1. The van der Waals surface area contributed by atoms with E-state index in [0.29, 0.717) is 18.8 Å². The monoisotopic (exact) mass is 327 g/mol. The van der Waals surface area contributed by atoms with Crippen LogP contribution >= 0.6 is 0 Å². The largest absolute Gasteiger partial charge is 0.369 e. The molecule has 0 unspecified atom stereocenters. The van der Waals surface area contributed by atoms with Crippen molar-refractivity contribution in [3.63, 3.8) is 0 Å². The average molecular weight is 327 g/mol. The molecule has 128 valence electrons. The molecular weight excluding hydrogens is 302 g/mol. The molecule has 3 atom stereocenters. The molecule has 0 aliphatic carbocycles. The third-order valence-electron chi connectivity index (χ3n) is 4.65. The number of aromatic nitrogens is 2. The van der Waals surface area contributed by atoms with Crippen molar-refractivity contribution in [3.05, 3.63) is 53.3 Å². The van der Waals surface area contributed by atoms with Crippen LogP contribution < -0.4 is 0 Å². The maximum Gasteiger partial charge on any atom is 0.272 e. The first-order valence-corrected chi connectivity index (χ1v) is 8.56. The highest BCUT2D eigenvalue weighted by Gasteiger charge is 2.38. The zero-order valence-corrected chi connectivity index (χ0v) is 14.8. The molecule has 24 heavy (non-hydrogen) atoms. The van der Waals surface area contributed by atoms with Gasteiger partial charge in [-0.15, -0.1) is 0 Å². The molecule has 1 aromatic carbocycles. The molecule has 2 aromatic rings. The van der Waals surface area contributed by atoms with Gasteiger partial charge in [-0.2, -0.15) is 5.10 Å². The number of aryl methyl sites for hydroxylation is 2. The van der Waals surface area contributed by atoms with Gasteiger partial charge in [-0.1, -0.05) is 30.3 Å². The fourth-order valence-electron chi connectivity index (χ4n) is 3.50. The van der Waals surface area contributed by atoms with Gasteiger partial charge < -0.3 is 9.64 Å². The van der Waals surface area contributed by atoms with Crippen molar-refractivity contribution in [1.29, 1.82) is 0 Å². The van der Waals surface area contributed by atoms with E-state index >= 15 is 0 Å². The SMILES string of the molecule is CCn1nc(C)cc1C(=O)N1[C@H](C)CO[C@@H](c2ccccc2)[C@@H]1C. The van der Waals surface area contributed by atoms with Crippen LogP contribution in [-0.4, -0.2) is 39.3 Å². The van der Waals surface area contributed by atoms with Gasteiger partial charge in [0.2, 0.25) is 0 Å². The van der Waals surface area contributed by atoms with E-state index in [4.69, 9.17) is 4.74 Å². The fourth-order valence-corrected chi connectivity index (χ4v) is 3.50. The van der Waals surface area contributed by atoms with Crippen LogP contribution in [0.3, 0.4) is 0 Å². The number of nitrogens with zero attached hydrogens (tertiary/aromatic N) is 3. The molecule has 1 aliphatic heterocycles.